The van der Waals surface area contributed by atoms with E-state index in [1.807, 2.05) is 25.3 Å². The van der Waals surface area contributed by atoms with Gasteiger partial charge in [0.25, 0.3) is 5.91 Å². The average Bonchev–Trinajstić information content (AvgIpc) is 3.13. The van der Waals surface area contributed by atoms with E-state index in [0.29, 0.717) is 31.5 Å². The summed E-state index contributed by atoms with van der Waals surface area (Å²) < 4.78 is 1.73. The second-order valence-electron chi connectivity index (χ2n) is 7.16. The number of piperidine rings is 1. The summed E-state index contributed by atoms with van der Waals surface area (Å²) in [6, 6.07) is 7.06. The molecular weight excluding hydrogens is 360 g/mol. The number of aryl methyl sites for hydroxylation is 1. The van der Waals surface area contributed by atoms with E-state index in [9.17, 15) is 14.4 Å². The van der Waals surface area contributed by atoms with E-state index >= 15 is 0 Å². The Morgan fingerprint density at radius 2 is 1.82 bits per heavy atom. The molecular formula is C20H24N4O4. The van der Waals surface area contributed by atoms with Gasteiger partial charge in [-0.05, 0) is 49.6 Å². The third kappa shape index (κ3) is 4.39. The normalized spacial score (nSPS) is 14.7. The first-order chi connectivity index (χ1) is 13.3. The predicted octanol–water partition coefficient (Wildman–Crippen LogP) is 1.58. The summed E-state index contributed by atoms with van der Waals surface area (Å²) in [6.07, 6.45) is 4.56. The lowest BCUT2D eigenvalue weighted by Crippen LogP contribution is -2.45. The van der Waals surface area contributed by atoms with Crippen LogP contribution in [0.15, 0.2) is 36.7 Å². The largest absolute Gasteiger partial charge is 0.481 e. The lowest BCUT2D eigenvalue weighted by Gasteiger charge is -2.31. The van der Waals surface area contributed by atoms with Crippen molar-refractivity contribution < 1.29 is 19.5 Å². The van der Waals surface area contributed by atoms with Gasteiger partial charge in [0.05, 0.1) is 24.3 Å². The van der Waals surface area contributed by atoms with Crippen LogP contribution in [-0.4, -0.2) is 69.2 Å². The van der Waals surface area contributed by atoms with E-state index in [2.05, 4.69) is 5.10 Å². The van der Waals surface area contributed by atoms with Crippen molar-refractivity contribution in [1.82, 2.24) is 19.6 Å². The molecule has 0 atom stereocenters. The standard InChI is InChI=1S/C20H24N4O4/c1-14-11-21-24(12-14)17-5-3-15(4-6-17)19(26)22(2)13-18(25)23-9-7-16(8-10-23)20(27)28/h3-6,11-12,16H,7-10,13H2,1-2H3,(H,27,28). The fourth-order valence-electron chi connectivity index (χ4n) is 3.28. The van der Waals surface area contributed by atoms with Crippen molar-refractivity contribution in [2.45, 2.75) is 19.8 Å². The summed E-state index contributed by atoms with van der Waals surface area (Å²) in [5.41, 5.74) is 2.39. The summed E-state index contributed by atoms with van der Waals surface area (Å²) in [5, 5.41) is 13.3. The zero-order chi connectivity index (χ0) is 20.3. The maximum absolute atomic E-state index is 12.6. The van der Waals surface area contributed by atoms with E-state index in [1.54, 1.807) is 35.0 Å². The number of likely N-dealkylation sites (N-methyl/N-ethyl adjacent to an activating group) is 1. The minimum absolute atomic E-state index is 0.0311. The number of likely N-dealkylation sites (tertiary alicyclic amines) is 1. The molecule has 2 heterocycles. The number of aliphatic carboxylic acids is 1. The van der Waals surface area contributed by atoms with Crippen molar-refractivity contribution >= 4 is 17.8 Å². The van der Waals surface area contributed by atoms with Crippen molar-refractivity contribution in [2.75, 3.05) is 26.7 Å². The van der Waals surface area contributed by atoms with E-state index in [1.165, 1.54) is 4.90 Å². The lowest BCUT2D eigenvalue weighted by molar-refractivity contribution is -0.145. The Bertz CT molecular complexity index is 867. The predicted molar refractivity (Wildman–Crippen MR) is 102 cm³/mol. The highest BCUT2D eigenvalue weighted by molar-refractivity contribution is 5.96. The second kappa shape index (κ2) is 8.24. The fourth-order valence-corrected chi connectivity index (χ4v) is 3.28. The average molecular weight is 384 g/mol. The highest BCUT2D eigenvalue weighted by atomic mass is 16.4. The van der Waals surface area contributed by atoms with Crippen LogP contribution in [0.25, 0.3) is 5.69 Å². The number of carbonyl (C=O) groups excluding carboxylic acids is 2. The third-order valence-electron chi connectivity index (χ3n) is 5.01. The van der Waals surface area contributed by atoms with Crippen LogP contribution in [0.4, 0.5) is 0 Å². The Hall–Kier alpha value is -3.16. The van der Waals surface area contributed by atoms with E-state index in [0.717, 1.165) is 11.3 Å². The number of aromatic nitrogens is 2. The van der Waals surface area contributed by atoms with Gasteiger partial charge < -0.3 is 14.9 Å². The van der Waals surface area contributed by atoms with Gasteiger partial charge >= 0.3 is 5.97 Å². The van der Waals surface area contributed by atoms with Gasteiger partial charge in [-0.15, -0.1) is 0 Å². The Kier molecular flexibility index (Phi) is 5.77. The number of hydrogen-bond acceptors (Lipinski definition) is 4. The Balaban J connectivity index is 1.57. The highest BCUT2D eigenvalue weighted by Crippen LogP contribution is 2.18. The molecule has 3 rings (SSSR count). The summed E-state index contributed by atoms with van der Waals surface area (Å²) in [6.45, 7) is 2.75. The molecule has 1 aromatic heterocycles. The van der Waals surface area contributed by atoms with Crippen molar-refractivity contribution in [3.8, 4) is 5.69 Å². The number of amides is 2. The summed E-state index contributed by atoms with van der Waals surface area (Å²) in [5.74, 6) is -1.60. The number of carboxylic acid groups (broad SMARTS) is 1. The monoisotopic (exact) mass is 384 g/mol. The number of carboxylic acids is 1. The summed E-state index contributed by atoms with van der Waals surface area (Å²) in [4.78, 5) is 39.1. The Morgan fingerprint density at radius 3 is 2.36 bits per heavy atom. The molecule has 0 spiro atoms. The molecule has 2 amide bonds. The van der Waals surface area contributed by atoms with Crippen LogP contribution in [0.5, 0.6) is 0 Å². The van der Waals surface area contributed by atoms with Gasteiger partial charge in [0.1, 0.15) is 0 Å². The van der Waals surface area contributed by atoms with E-state index in [4.69, 9.17) is 5.11 Å². The molecule has 148 valence electrons. The molecule has 1 aliphatic heterocycles. The number of nitrogens with zero attached hydrogens (tertiary/aromatic N) is 4. The van der Waals surface area contributed by atoms with Gasteiger partial charge in [0, 0.05) is 31.9 Å². The minimum Gasteiger partial charge on any atom is -0.481 e. The summed E-state index contributed by atoms with van der Waals surface area (Å²) in [7, 11) is 1.59. The lowest BCUT2D eigenvalue weighted by atomic mass is 9.97. The van der Waals surface area contributed by atoms with Crippen molar-refractivity contribution in [3.05, 3.63) is 47.8 Å². The molecule has 0 unspecified atom stereocenters. The van der Waals surface area contributed by atoms with Gasteiger partial charge in [-0.2, -0.15) is 5.10 Å². The zero-order valence-corrected chi connectivity index (χ0v) is 16.0. The number of hydrogen-bond donors (Lipinski definition) is 1. The molecule has 28 heavy (non-hydrogen) atoms. The van der Waals surface area contributed by atoms with Crippen molar-refractivity contribution in [3.63, 3.8) is 0 Å². The van der Waals surface area contributed by atoms with Crippen LogP contribution >= 0.6 is 0 Å². The van der Waals surface area contributed by atoms with Crippen LogP contribution in [0.1, 0.15) is 28.8 Å². The topological polar surface area (TPSA) is 95.7 Å². The van der Waals surface area contributed by atoms with Crippen LogP contribution in [0.2, 0.25) is 0 Å². The molecule has 1 aliphatic rings. The first-order valence-corrected chi connectivity index (χ1v) is 9.23. The SMILES string of the molecule is Cc1cnn(-c2ccc(C(=O)N(C)CC(=O)N3CCC(C(=O)O)CC3)cc2)c1. The van der Waals surface area contributed by atoms with Crippen molar-refractivity contribution in [1.29, 1.82) is 0 Å². The molecule has 0 radical (unpaired) electrons. The minimum atomic E-state index is -0.812. The van der Waals surface area contributed by atoms with E-state index in [-0.39, 0.29) is 24.3 Å². The maximum atomic E-state index is 12.6. The molecule has 8 heteroatoms. The second-order valence-corrected chi connectivity index (χ2v) is 7.16. The zero-order valence-electron chi connectivity index (χ0n) is 16.0. The Morgan fingerprint density at radius 1 is 1.18 bits per heavy atom. The molecule has 8 nitrogen and oxygen atoms in total. The van der Waals surface area contributed by atoms with Gasteiger partial charge in [-0.1, -0.05) is 0 Å². The quantitative estimate of drug-likeness (QED) is 0.844. The highest BCUT2D eigenvalue weighted by Gasteiger charge is 2.28. The number of rotatable bonds is 5. The smallest absolute Gasteiger partial charge is 0.306 e. The van der Waals surface area contributed by atoms with Gasteiger partial charge in [0.2, 0.25) is 5.91 Å². The Labute approximate surface area is 163 Å². The molecule has 1 fully saturated rings. The van der Waals surface area contributed by atoms with E-state index < -0.39 is 5.97 Å². The van der Waals surface area contributed by atoms with Crippen LogP contribution in [-0.2, 0) is 9.59 Å². The first kappa shape index (κ1) is 19.6. The molecule has 1 N–H and O–H groups in total. The van der Waals surface area contributed by atoms with Crippen LogP contribution in [0, 0.1) is 12.8 Å². The fraction of sp³-hybridized carbons (Fsp3) is 0.400. The molecule has 0 aliphatic carbocycles. The first-order valence-electron chi connectivity index (χ1n) is 9.23. The van der Waals surface area contributed by atoms with Gasteiger partial charge in [-0.3, -0.25) is 14.4 Å². The van der Waals surface area contributed by atoms with Gasteiger partial charge in [-0.25, -0.2) is 4.68 Å². The number of benzene rings is 1. The molecule has 0 saturated carbocycles. The number of carbonyl (C=O) groups is 3. The maximum Gasteiger partial charge on any atom is 0.306 e. The molecule has 2 aromatic rings. The molecule has 0 bridgehead atoms. The van der Waals surface area contributed by atoms with Crippen LogP contribution in [0.3, 0.4) is 0 Å². The van der Waals surface area contributed by atoms with Crippen molar-refractivity contribution in [2.24, 2.45) is 5.92 Å². The third-order valence-corrected chi connectivity index (χ3v) is 5.01. The molecule has 1 aromatic carbocycles. The summed E-state index contributed by atoms with van der Waals surface area (Å²) >= 11 is 0. The van der Waals surface area contributed by atoms with Gasteiger partial charge in [0.15, 0.2) is 0 Å². The van der Waals surface area contributed by atoms with Crippen LogP contribution < -0.4 is 0 Å². The molecule has 1 saturated heterocycles.